The van der Waals surface area contributed by atoms with E-state index in [2.05, 4.69) is 15.9 Å². The van der Waals surface area contributed by atoms with Crippen molar-refractivity contribution in [1.29, 1.82) is 21.0 Å². The van der Waals surface area contributed by atoms with Crippen LogP contribution in [0.25, 0.3) is 0 Å². The lowest BCUT2D eigenvalue weighted by Crippen LogP contribution is -2.35. The Morgan fingerprint density at radius 3 is 2.12 bits per heavy atom. The lowest BCUT2D eigenvalue weighted by atomic mass is 9.86. The zero-order valence-corrected chi connectivity index (χ0v) is 10.6. The fraction of sp³-hybridized carbons (Fsp3) is 0.400. The van der Waals surface area contributed by atoms with E-state index in [1.807, 2.05) is 0 Å². The Hall–Kier alpha value is -1.51. The summed E-state index contributed by atoms with van der Waals surface area (Å²) in [6.45, 7) is 0. The van der Waals surface area contributed by atoms with Gasteiger partial charge in [0.25, 0.3) is 11.2 Å². The van der Waals surface area contributed by atoms with Crippen LogP contribution in [0, 0.1) is 51.2 Å². The fourth-order valence-electron chi connectivity index (χ4n) is 1.96. The predicted octanol–water partition coefficient (Wildman–Crippen LogP) is 1.56. The molecular weight excluding hydrogens is 304 g/mol. The van der Waals surface area contributed by atoms with Crippen molar-refractivity contribution in [3.05, 3.63) is 9.89 Å². The summed E-state index contributed by atoms with van der Waals surface area (Å²) in [6, 6.07) is 7.13. The molecule has 7 heteroatoms. The minimum Gasteiger partial charge on any atom is -0.311 e. The quantitative estimate of drug-likeness (QED) is 0.672. The van der Waals surface area contributed by atoms with E-state index in [1.54, 1.807) is 29.7 Å². The molecule has 0 saturated carbocycles. The number of thioether (sulfide) groups is 1. The van der Waals surface area contributed by atoms with Gasteiger partial charge in [0, 0.05) is 4.48 Å². The fourth-order valence-corrected chi connectivity index (χ4v) is 4.30. The molecule has 0 unspecified atom stereocenters. The number of hydrogen-bond donors (Lipinski definition) is 0. The van der Waals surface area contributed by atoms with Crippen molar-refractivity contribution in [2.24, 2.45) is 5.92 Å². The van der Waals surface area contributed by atoms with Gasteiger partial charge in [0.05, 0.1) is 11.2 Å². The van der Waals surface area contributed by atoms with E-state index in [-0.39, 0.29) is 0 Å². The van der Waals surface area contributed by atoms with Gasteiger partial charge in [-0.2, -0.15) is 21.0 Å². The summed E-state index contributed by atoms with van der Waals surface area (Å²) in [6.07, 6.45) is 0. The second kappa shape index (κ2) is 3.76. The number of hydrogen-bond acceptors (Lipinski definition) is 6. The van der Waals surface area contributed by atoms with Gasteiger partial charge in [-0.1, -0.05) is 15.9 Å². The number of ether oxygens (including phenoxy) is 1. The SMILES string of the molecule is N#CC1(C#N)OC(C#N)(C#N)[C@@H]2C(Br)=CS[C@H]21. The van der Waals surface area contributed by atoms with Crippen LogP contribution in [0.3, 0.4) is 0 Å². The maximum Gasteiger partial charge on any atom is 0.256 e. The molecule has 0 N–H and O–H groups in total. The summed E-state index contributed by atoms with van der Waals surface area (Å²) in [7, 11) is 0. The second-order valence-electron chi connectivity index (χ2n) is 3.56. The van der Waals surface area contributed by atoms with Gasteiger partial charge in [0.15, 0.2) is 0 Å². The van der Waals surface area contributed by atoms with E-state index >= 15 is 0 Å². The van der Waals surface area contributed by atoms with E-state index in [0.29, 0.717) is 4.48 Å². The van der Waals surface area contributed by atoms with Crippen molar-refractivity contribution < 1.29 is 4.74 Å². The first-order valence-corrected chi connectivity index (χ1v) is 6.19. The number of rotatable bonds is 0. The summed E-state index contributed by atoms with van der Waals surface area (Å²) in [4.78, 5) is 0. The Bertz CT molecular complexity index is 545. The molecule has 0 spiro atoms. The molecule has 0 aliphatic carbocycles. The smallest absolute Gasteiger partial charge is 0.256 e. The predicted molar refractivity (Wildman–Crippen MR) is 60.9 cm³/mol. The van der Waals surface area contributed by atoms with Crippen molar-refractivity contribution in [3.63, 3.8) is 0 Å². The summed E-state index contributed by atoms with van der Waals surface area (Å²) in [5.74, 6) is -0.609. The first-order valence-electron chi connectivity index (χ1n) is 4.45. The van der Waals surface area contributed by atoms with E-state index < -0.39 is 22.4 Å². The van der Waals surface area contributed by atoms with Crippen LogP contribution in [0.5, 0.6) is 0 Å². The van der Waals surface area contributed by atoms with Crippen LogP contribution in [-0.2, 0) is 4.74 Å². The highest BCUT2D eigenvalue weighted by atomic mass is 79.9. The molecule has 0 aromatic rings. The van der Waals surface area contributed by atoms with Crippen molar-refractivity contribution in [2.75, 3.05) is 0 Å². The monoisotopic (exact) mass is 306 g/mol. The van der Waals surface area contributed by atoms with Crippen LogP contribution in [0.1, 0.15) is 0 Å². The van der Waals surface area contributed by atoms with Gasteiger partial charge < -0.3 is 4.74 Å². The highest BCUT2D eigenvalue weighted by Crippen LogP contribution is 2.56. The lowest BCUT2D eigenvalue weighted by molar-refractivity contribution is 0.0152. The molecule has 2 atom stereocenters. The average molecular weight is 307 g/mol. The minimum atomic E-state index is -1.78. The maximum atomic E-state index is 9.13. The third-order valence-electron chi connectivity index (χ3n) is 2.75. The Morgan fingerprint density at radius 2 is 1.65 bits per heavy atom. The third-order valence-corrected chi connectivity index (χ3v) is 5.06. The molecule has 0 amide bonds. The van der Waals surface area contributed by atoms with Crippen LogP contribution in [0.15, 0.2) is 9.89 Å². The second-order valence-corrected chi connectivity index (χ2v) is 5.49. The van der Waals surface area contributed by atoms with Crippen molar-refractivity contribution in [1.82, 2.24) is 0 Å². The minimum absolute atomic E-state index is 0.564. The Balaban J connectivity index is 2.62. The van der Waals surface area contributed by atoms with Gasteiger partial charge in [-0.3, -0.25) is 0 Å². The van der Waals surface area contributed by atoms with Gasteiger partial charge in [-0.05, 0) is 5.41 Å². The zero-order chi connectivity index (χ0) is 12.7. The van der Waals surface area contributed by atoms with E-state index in [9.17, 15) is 0 Å². The molecule has 0 radical (unpaired) electrons. The van der Waals surface area contributed by atoms with Gasteiger partial charge in [-0.15, -0.1) is 11.8 Å². The molecule has 2 heterocycles. The summed E-state index contributed by atoms with van der Waals surface area (Å²) < 4.78 is 5.85. The summed E-state index contributed by atoms with van der Waals surface area (Å²) in [5.41, 5.74) is -3.54. The average Bonchev–Trinajstić information content (AvgIpc) is 2.88. The van der Waals surface area contributed by atoms with Gasteiger partial charge in [0.1, 0.15) is 24.3 Å². The summed E-state index contributed by atoms with van der Waals surface area (Å²) >= 11 is 4.48. The zero-order valence-electron chi connectivity index (χ0n) is 8.22. The first kappa shape index (κ1) is 12.0. The van der Waals surface area contributed by atoms with Crippen LogP contribution >= 0.6 is 27.7 Å². The number of fused-ring (bicyclic) bond motifs is 1. The van der Waals surface area contributed by atoms with Gasteiger partial charge in [0.2, 0.25) is 0 Å². The Labute approximate surface area is 110 Å². The normalized spacial score (nSPS) is 31.2. The van der Waals surface area contributed by atoms with Crippen LogP contribution < -0.4 is 0 Å². The van der Waals surface area contributed by atoms with E-state index in [0.717, 1.165) is 0 Å². The van der Waals surface area contributed by atoms with Crippen LogP contribution in [-0.4, -0.2) is 16.5 Å². The van der Waals surface area contributed by atoms with Crippen molar-refractivity contribution in [2.45, 2.75) is 16.5 Å². The number of nitrogens with zero attached hydrogens (tertiary/aromatic N) is 4. The highest BCUT2D eigenvalue weighted by molar-refractivity contribution is 9.11. The van der Waals surface area contributed by atoms with Gasteiger partial charge in [-0.25, -0.2) is 0 Å². The van der Waals surface area contributed by atoms with Crippen LogP contribution in [0.2, 0.25) is 0 Å². The topological polar surface area (TPSA) is 104 Å². The standard InChI is InChI=1S/C10H3BrN4OS/c11-6-1-17-8-7(6)9(2-12,3-13)16-10(8,4-14)5-15/h1,7-8H/t7-,8-/m1/s1. The molecule has 1 fully saturated rings. The molecule has 0 aromatic carbocycles. The highest BCUT2D eigenvalue weighted by Gasteiger charge is 2.67. The third kappa shape index (κ3) is 1.31. The number of halogens is 1. The number of nitriles is 4. The maximum absolute atomic E-state index is 9.13. The molecule has 5 nitrogen and oxygen atoms in total. The van der Waals surface area contributed by atoms with E-state index in [4.69, 9.17) is 25.8 Å². The molecule has 0 bridgehead atoms. The lowest BCUT2D eigenvalue weighted by Gasteiger charge is -2.18. The van der Waals surface area contributed by atoms with Crippen molar-refractivity contribution in [3.8, 4) is 24.3 Å². The molecule has 2 aliphatic rings. The largest absolute Gasteiger partial charge is 0.311 e. The molecular formula is C10H3BrN4OS. The molecule has 1 saturated heterocycles. The van der Waals surface area contributed by atoms with E-state index in [1.165, 1.54) is 11.8 Å². The van der Waals surface area contributed by atoms with Crippen molar-refractivity contribution >= 4 is 27.7 Å². The molecule has 82 valence electrons. The molecule has 2 rings (SSSR count). The van der Waals surface area contributed by atoms with Crippen LogP contribution in [0.4, 0.5) is 0 Å². The molecule has 2 aliphatic heterocycles. The Morgan fingerprint density at radius 1 is 1.12 bits per heavy atom. The summed E-state index contributed by atoms with van der Waals surface area (Å²) in [5, 5.41) is 37.6. The first-order chi connectivity index (χ1) is 8.09. The Kier molecular flexibility index (Phi) is 2.64. The molecule has 0 aromatic heterocycles. The van der Waals surface area contributed by atoms with Gasteiger partial charge >= 0.3 is 0 Å². The molecule has 17 heavy (non-hydrogen) atoms.